The maximum atomic E-state index is 12.8. The zero-order valence-corrected chi connectivity index (χ0v) is 19.2. The van der Waals surface area contributed by atoms with E-state index in [0.29, 0.717) is 11.4 Å². The average molecular weight is 499 g/mol. The van der Waals surface area contributed by atoms with Crippen LogP contribution >= 0.6 is 15.9 Å². The van der Waals surface area contributed by atoms with Gasteiger partial charge in [-0.05, 0) is 61.7 Å². The first-order valence-electron chi connectivity index (χ1n) is 10.6. The van der Waals surface area contributed by atoms with Gasteiger partial charge in [0.25, 0.3) is 5.91 Å². The lowest BCUT2D eigenvalue weighted by molar-refractivity contribution is -0.122. The second kappa shape index (κ2) is 9.24. The Morgan fingerprint density at radius 1 is 1.06 bits per heavy atom. The first-order valence-corrected chi connectivity index (χ1v) is 11.4. The number of fused-ring (bicyclic) bond motifs is 1. The first-order chi connectivity index (χ1) is 15.3. The SMILES string of the molecule is Cc1cc(Br)ccc1NC(=O)COC(=O)c1cccc(N2C(=O)[C@H]3CCCC[C@@H]3C2=O)c1. The fourth-order valence-corrected chi connectivity index (χ4v) is 4.83. The second-order valence-electron chi connectivity index (χ2n) is 8.14. The van der Waals surface area contributed by atoms with Gasteiger partial charge in [0.15, 0.2) is 6.61 Å². The van der Waals surface area contributed by atoms with Gasteiger partial charge in [0.2, 0.25) is 11.8 Å². The molecule has 32 heavy (non-hydrogen) atoms. The van der Waals surface area contributed by atoms with E-state index in [1.807, 2.05) is 13.0 Å². The predicted octanol–water partition coefficient (Wildman–Crippen LogP) is 4.23. The van der Waals surface area contributed by atoms with Gasteiger partial charge in [-0.25, -0.2) is 4.79 Å². The summed E-state index contributed by atoms with van der Waals surface area (Å²) in [5.74, 6) is -2.10. The Hall–Kier alpha value is -3.00. The molecule has 2 aromatic carbocycles. The summed E-state index contributed by atoms with van der Waals surface area (Å²) in [5, 5.41) is 2.71. The highest BCUT2D eigenvalue weighted by Gasteiger charge is 2.48. The Kier molecular flexibility index (Phi) is 6.41. The number of hydrogen-bond donors (Lipinski definition) is 1. The van der Waals surface area contributed by atoms with Gasteiger partial charge in [0.05, 0.1) is 23.1 Å². The summed E-state index contributed by atoms with van der Waals surface area (Å²) in [6, 6.07) is 11.6. The number of esters is 1. The Bertz CT molecular complexity index is 1080. The largest absolute Gasteiger partial charge is 0.452 e. The summed E-state index contributed by atoms with van der Waals surface area (Å²) in [6.45, 7) is 1.40. The topological polar surface area (TPSA) is 92.8 Å². The van der Waals surface area contributed by atoms with Crippen molar-refractivity contribution in [3.8, 4) is 0 Å². The van der Waals surface area contributed by atoms with Crippen LogP contribution in [0, 0.1) is 18.8 Å². The molecule has 1 aliphatic carbocycles. The number of nitrogens with zero attached hydrogens (tertiary/aromatic N) is 1. The highest BCUT2D eigenvalue weighted by Crippen LogP contribution is 2.40. The number of halogens is 1. The van der Waals surface area contributed by atoms with Crippen molar-refractivity contribution in [3.05, 3.63) is 58.1 Å². The number of nitrogens with one attached hydrogen (secondary N) is 1. The van der Waals surface area contributed by atoms with Crippen molar-refractivity contribution in [2.45, 2.75) is 32.6 Å². The normalized spacial score (nSPS) is 20.1. The molecule has 0 bridgehead atoms. The molecule has 2 fully saturated rings. The van der Waals surface area contributed by atoms with Gasteiger partial charge in [-0.15, -0.1) is 0 Å². The highest BCUT2D eigenvalue weighted by atomic mass is 79.9. The van der Waals surface area contributed by atoms with E-state index < -0.39 is 18.5 Å². The molecule has 1 N–H and O–H groups in total. The zero-order valence-electron chi connectivity index (χ0n) is 17.6. The Morgan fingerprint density at radius 2 is 1.75 bits per heavy atom. The van der Waals surface area contributed by atoms with E-state index in [0.717, 1.165) is 35.7 Å². The summed E-state index contributed by atoms with van der Waals surface area (Å²) in [6.07, 6.45) is 3.34. The minimum Gasteiger partial charge on any atom is -0.452 e. The number of benzene rings is 2. The van der Waals surface area contributed by atoms with Gasteiger partial charge >= 0.3 is 5.97 Å². The number of amides is 3. The summed E-state index contributed by atoms with van der Waals surface area (Å²) in [7, 11) is 0. The molecule has 3 amide bonds. The van der Waals surface area contributed by atoms with Crippen LogP contribution in [0.2, 0.25) is 0 Å². The minimum absolute atomic E-state index is 0.172. The van der Waals surface area contributed by atoms with Gasteiger partial charge in [0.1, 0.15) is 0 Å². The molecule has 4 rings (SSSR count). The summed E-state index contributed by atoms with van der Waals surface area (Å²) in [5.41, 5.74) is 2.03. The minimum atomic E-state index is -0.703. The van der Waals surface area contributed by atoms with Crippen LogP contribution < -0.4 is 10.2 Å². The van der Waals surface area contributed by atoms with E-state index in [4.69, 9.17) is 4.74 Å². The molecule has 0 aromatic heterocycles. The second-order valence-corrected chi connectivity index (χ2v) is 9.06. The smallest absolute Gasteiger partial charge is 0.338 e. The molecule has 0 radical (unpaired) electrons. The van der Waals surface area contributed by atoms with E-state index in [-0.39, 0.29) is 29.2 Å². The molecule has 0 unspecified atom stereocenters. The van der Waals surface area contributed by atoms with Gasteiger partial charge in [-0.3, -0.25) is 19.3 Å². The van der Waals surface area contributed by atoms with Crippen LogP contribution in [-0.4, -0.2) is 30.3 Å². The van der Waals surface area contributed by atoms with E-state index in [2.05, 4.69) is 21.2 Å². The number of aryl methyl sites for hydroxylation is 1. The lowest BCUT2D eigenvalue weighted by Crippen LogP contribution is -2.31. The predicted molar refractivity (Wildman–Crippen MR) is 122 cm³/mol. The molecule has 7 nitrogen and oxygen atoms in total. The van der Waals surface area contributed by atoms with E-state index in [1.54, 1.807) is 24.3 Å². The number of rotatable bonds is 5. The van der Waals surface area contributed by atoms with Crippen LogP contribution in [0.5, 0.6) is 0 Å². The van der Waals surface area contributed by atoms with E-state index >= 15 is 0 Å². The molecular weight excluding hydrogens is 476 g/mol. The van der Waals surface area contributed by atoms with Crippen LogP contribution in [-0.2, 0) is 19.1 Å². The number of ether oxygens (including phenoxy) is 1. The fourth-order valence-electron chi connectivity index (χ4n) is 4.36. The van der Waals surface area contributed by atoms with Gasteiger partial charge in [0, 0.05) is 10.2 Å². The van der Waals surface area contributed by atoms with Crippen molar-refractivity contribution in [3.63, 3.8) is 0 Å². The number of hydrogen-bond acceptors (Lipinski definition) is 5. The molecule has 2 aromatic rings. The quantitative estimate of drug-likeness (QED) is 0.491. The molecule has 0 spiro atoms. The third-order valence-corrected chi connectivity index (χ3v) is 6.47. The van der Waals surface area contributed by atoms with Crippen molar-refractivity contribution in [1.29, 1.82) is 0 Å². The molecule has 166 valence electrons. The molecule has 1 aliphatic heterocycles. The van der Waals surface area contributed by atoms with Crippen molar-refractivity contribution in [2.75, 3.05) is 16.8 Å². The van der Waals surface area contributed by atoms with Crippen molar-refractivity contribution >= 4 is 51.0 Å². The number of imide groups is 1. The van der Waals surface area contributed by atoms with E-state index in [1.165, 1.54) is 17.0 Å². The maximum absolute atomic E-state index is 12.8. The summed E-state index contributed by atoms with van der Waals surface area (Å²) in [4.78, 5) is 51.5. The highest BCUT2D eigenvalue weighted by molar-refractivity contribution is 9.10. The first kappa shape index (κ1) is 22.2. The monoisotopic (exact) mass is 498 g/mol. The number of carbonyl (C=O) groups excluding carboxylic acids is 4. The molecule has 1 saturated heterocycles. The number of anilines is 2. The van der Waals surface area contributed by atoms with Crippen molar-refractivity contribution in [2.24, 2.45) is 11.8 Å². The van der Waals surface area contributed by atoms with Crippen molar-refractivity contribution < 1.29 is 23.9 Å². The Morgan fingerprint density at radius 3 is 2.41 bits per heavy atom. The van der Waals surface area contributed by atoms with Gasteiger partial charge < -0.3 is 10.1 Å². The summed E-state index contributed by atoms with van der Waals surface area (Å²) < 4.78 is 6.04. The third kappa shape index (κ3) is 4.46. The van der Waals surface area contributed by atoms with Crippen LogP contribution in [0.3, 0.4) is 0 Å². The number of carbonyl (C=O) groups is 4. The Balaban J connectivity index is 1.41. The molecule has 1 saturated carbocycles. The summed E-state index contributed by atoms with van der Waals surface area (Å²) >= 11 is 3.37. The molecule has 2 atom stereocenters. The van der Waals surface area contributed by atoms with Gasteiger partial charge in [-0.2, -0.15) is 0 Å². The Labute approximate surface area is 194 Å². The van der Waals surface area contributed by atoms with Crippen molar-refractivity contribution in [1.82, 2.24) is 0 Å². The van der Waals surface area contributed by atoms with Crippen LogP contribution in [0.15, 0.2) is 46.9 Å². The van der Waals surface area contributed by atoms with E-state index in [9.17, 15) is 19.2 Å². The average Bonchev–Trinajstić information content (AvgIpc) is 3.04. The third-order valence-electron chi connectivity index (χ3n) is 5.98. The molecule has 1 heterocycles. The molecule has 2 aliphatic rings. The molecular formula is C24H23BrN2O5. The maximum Gasteiger partial charge on any atom is 0.338 e. The molecule has 8 heteroatoms. The lowest BCUT2D eigenvalue weighted by Gasteiger charge is -2.19. The fraction of sp³-hybridized carbons (Fsp3) is 0.333. The van der Waals surface area contributed by atoms with Gasteiger partial charge in [-0.1, -0.05) is 34.8 Å². The van der Waals surface area contributed by atoms with Crippen LogP contribution in [0.4, 0.5) is 11.4 Å². The standard InChI is InChI=1S/C24H23BrN2O5/c1-14-11-16(25)9-10-20(14)26-21(28)13-32-24(31)15-5-4-6-17(12-15)27-22(29)18-7-2-3-8-19(18)23(27)30/h4-6,9-12,18-19H,2-3,7-8,13H2,1H3,(H,26,28)/t18-,19-/m0/s1. The zero-order chi connectivity index (χ0) is 22.8. The lowest BCUT2D eigenvalue weighted by atomic mass is 9.81. The van der Waals surface area contributed by atoms with Crippen LogP contribution in [0.25, 0.3) is 0 Å². The van der Waals surface area contributed by atoms with Crippen LogP contribution in [0.1, 0.15) is 41.6 Å².